The lowest BCUT2D eigenvalue weighted by Crippen LogP contribution is -2.11. The predicted octanol–water partition coefficient (Wildman–Crippen LogP) is 4.12. The normalized spacial score (nSPS) is 12.3. The molecule has 20 heavy (non-hydrogen) atoms. The molecule has 0 spiro atoms. The van der Waals surface area contributed by atoms with Crippen LogP contribution in [0.4, 0.5) is 0 Å². The number of nitrogens with zero attached hydrogens (tertiary/aromatic N) is 3. The summed E-state index contributed by atoms with van der Waals surface area (Å²) in [5.41, 5.74) is 0. The molecule has 2 rings (SSSR count). The fourth-order valence-corrected chi connectivity index (χ4v) is 4.57. The highest BCUT2D eigenvalue weighted by Gasteiger charge is 2.25. The highest BCUT2D eigenvalue weighted by Crippen LogP contribution is 2.38. The first kappa shape index (κ1) is 16.4. The van der Waals surface area contributed by atoms with E-state index in [1.165, 1.54) is 15.9 Å². The molecule has 0 aliphatic carbocycles. The molecule has 10 heteroatoms. The first-order valence-corrected chi connectivity index (χ1v) is 10.2. The van der Waals surface area contributed by atoms with Gasteiger partial charge < -0.3 is 0 Å². The van der Waals surface area contributed by atoms with Crippen LogP contribution in [0.2, 0.25) is 0 Å². The molecule has 0 bridgehead atoms. The molecule has 0 aliphatic rings. The molecule has 5 nitrogen and oxygen atoms in total. The summed E-state index contributed by atoms with van der Waals surface area (Å²) in [5, 5.41) is 7.48. The van der Waals surface area contributed by atoms with E-state index in [2.05, 4.69) is 42.1 Å². The molecular weight excluding hydrogens is 454 g/mol. The van der Waals surface area contributed by atoms with E-state index in [0.29, 0.717) is 12.4 Å². The van der Waals surface area contributed by atoms with Crippen LogP contribution in [-0.2, 0) is 15.6 Å². The van der Waals surface area contributed by atoms with Gasteiger partial charge in [0.2, 0.25) is 0 Å². The number of hydrogen-bond donors (Lipinski definition) is 0. The fraction of sp³-hybridized carbons (Fsp3) is 0.400. The van der Waals surface area contributed by atoms with Crippen LogP contribution in [0.1, 0.15) is 13.8 Å². The molecule has 110 valence electrons. The average molecular weight is 464 g/mol. The molecular formula is C10H10Br2ClN3O2S2. The predicted molar refractivity (Wildman–Crippen MR) is 86.6 cm³/mol. The summed E-state index contributed by atoms with van der Waals surface area (Å²) in [6, 6.07) is 1.86. The average Bonchev–Trinajstić information content (AvgIpc) is 2.82. The topological polar surface area (TPSA) is 64.8 Å². The second kappa shape index (κ2) is 6.04. The van der Waals surface area contributed by atoms with Gasteiger partial charge in [0, 0.05) is 21.7 Å². The van der Waals surface area contributed by atoms with Crippen LogP contribution in [0.3, 0.4) is 0 Å². The minimum atomic E-state index is -3.93. The lowest BCUT2D eigenvalue weighted by molar-refractivity contribution is 0.489. The van der Waals surface area contributed by atoms with E-state index < -0.39 is 9.05 Å². The Labute approximate surface area is 142 Å². The highest BCUT2D eigenvalue weighted by atomic mass is 79.9. The van der Waals surface area contributed by atoms with Crippen molar-refractivity contribution in [3.63, 3.8) is 0 Å². The molecule has 0 fully saturated rings. The summed E-state index contributed by atoms with van der Waals surface area (Å²) in [7, 11) is 1.49. The van der Waals surface area contributed by atoms with Crippen LogP contribution in [0.5, 0.6) is 0 Å². The maximum atomic E-state index is 11.6. The monoisotopic (exact) mass is 461 g/mol. The van der Waals surface area contributed by atoms with Crippen LogP contribution < -0.4 is 0 Å². The van der Waals surface area contributed by atoms with Crippen molar-refractivity contribution >= 4 is 62.9 Å². The van der Waals surface area contributed by atoms with E-state index in [1.807, 2.05) is 19.9 Å². The molecule has 0 atom stereocenters. The number of aromatic nitrogens is 3. The first-order valence-electron chi connectivity index (χ1n) is 5.53. The van der Waals surface area contributed by atoms with Gasteiger partial charge in [0.1, 0.15) is 0 Å². The molecule has 0 radical (unpaired) electrons. The fourth-order valence-electron chi connectivity index (χ4n) is 1.64. The summed E-state index contributed by atoms with van der Waals surface area (Å²) >= 11 is 8.24. The van der Waals surface area contributed by atoms with E-state index in [1.54, 1.807) is 0 Å². The molecule has 2 aromatic rings. The second-order valence-electron chi connectivity index (χ2n) is 4.48. The van der Waals surface area contributed by atoms with E-state index in [-0.39, 0.29) is 11.1 Å². The number of hydrogen-bond acceptors (Lipinski definition) is 5. The highest BCUT2D eigenvalue weighted by molar-refractivity contribution is 9.13. The van der Waals surface area contributed by atoms with Crippen molar-refractivity contribution in [3.8, 4) is 10.7 Å². The van der Waals surface area contributed by atoms with Crippen LogP contribution >= 0.6 is 53.9 Å². The van der Waals surface area contributed by atoms with Crippen molar-refractivity contribution in [1.29, 1.82) is 0 Å². The summed E-state index contributed by atoms with van der Waals surface area (Å²) in [6.07, 6.45) is 0. The summed E-state index contributed by atoms with van der Waals surface area (Å²) < 4.78 is 26.5. The van der Waals surface area contributed by atoms with Crippen LogP contribution in [0.25, 0.3) is 10.7 Å². The zero-order chi connectivity index (χ0) is 15.1. The Morgan fingerprint density at radius 1 is 1.40 bits per heavy atom. The molecule has 0 saturated heterocycles. The smallest absolute Gasteiger partial charge is 0.296 e. The van der Waals surface area contributed by atoms with Gasteiger partial charge in [-0.05, 0) is 43.8 Å². The van der Waals surface area contributed by atoms with E-state index in [0.717, 1.165) is 13.1 Å². The van der Waals surface area contributed by atoms with Gasteiger partial charge in [-0.2, -0.15) is 0 Å². The number of thiophene rings is 1. The van der Waals surface area contributed by atoms with E-state index in [9.17, 15) is 8.42 Å². The summed E-state index contributed by atoms with van der Waals surface area (Å²) in [6.45, 7) is 4.43. The largest absolute Gasteiger partial charge is 0.296 e. The standard InChI is InChI=1S/C10H10Br2ClN3O2S2/c1-5(2)4-16-9(7-3-6(11)8(12)19-7)14-15-10(16)20(13,17)18/h3,5H,4H2,1-2H3. The maximum absolute atomic E-state index is 11.6. The van der Waals surface area contributed by atoms with Gasteiger partial charge in [0.15, 0.2) is 5.82 Å². The SMILES string of the molecule is CC(C)Cn1c(-c2cc(Br)c(Br)s2)nnc1S(=O)(=O)Cl. The lowest BCUT2D eigenvalue weighted by atomic mass is 10.2. The summed E-state index contributed by atoms with van der Waals surface area (Å²) in [4.78, 5) is 0.809. The number of rotatable bonds is 4. The Bertz CT molecular complexity index is 720. The maximum Gasteiger partial charge on any atom is 0.296 e. The van der Waals surface area contributed by atoms with E-state index >= 15 is 0 Å². The third kappa shape index (κ3) is 3.44. The first-order chi connectivity index (χ1) is 9.20. The molecule has 2 aromatic heterocycles. The van der Waals surface area contributed by atoms with Crippen molar-refractivity contribution in [1.82, 2.24) is 14.8 Å². The molecule has 0 aliphatic heterocycles. The molecule has 0 aromatic carbocycles. The Balaban J connectivity index is 2.62. The Kier molecular flexibility index (Phi) is 4.95. The minimum absolute atomic E-state index is 0.219. The molecule has 0 amide bonds. The summed E-state index contributed by atoms with van der Waals surface area (Å²) in [5.74, 6) is 0.725. The van der Waals surface area contributed by atoms with Crippen molar-refractivity contribution < 1.29 is 8.42 Å². The van der Waals surface area contributed by atoms with Gasteiger partial charge >= 0.3 is 0 Å². The van der Waals surface area contributed by atoms with Crippen LogP contribution in [-0.4, -0.2) is 23.2 Å². The van der Waals surface area contributed by atoms with Gasteiger partial charge in [-0.1, -0.05) is 13.8 Å². The quantitative estimate of drug-likeness (QED) is 0.640. The van der Waals surface area contributed by atoms with Crippen molar-refractivity contribution in [2.75, 3.05) is 0 Å². The number of halogens is 3. The zero-order valence-electron chi connectivity index (χ0n) is 10.5. The van der Waals surface area contributed by atoms with Gasteiger partial charge in [0.25, 0.3) is 14.2 Å². The molecule has 2 heterocycles. The Morgan fingerprint density at radius 3 is 2.50 bits per heavy atom. The third-order valence-corrected chi connectivity index (χ3v) is 6.75. The van der Waals surface area contributed by atoms with Crippen LogP contribution in [0.15, 0.2) is 19.5 Å². The Hall–Kier alpha value is 0.0400. The Morgan fingerprint density at radius 2 is 2.05 bits per heavy atom. The van der Waals surface area contributed by atoms with Crippen molar-refractivity contribution in [2.24, 2.45) is 5.92 Å². The van der Waals surface area contributed by atoms with Gasteiger partial charge in [-0.15, -0.1) is 21.5 Å². The van der Waals surface area contributed by atoms with Crippen molar-refractivity contribution in [3.05, 3.63) is 14.3 Å². The zero-order valence-corrected chi connectivity index (χ0v) is 16.0. The second-order valence-corrected chi connectivity index (χ2v) is 10.2. The van der Waals surface area contributed by atoms with Crippen LogP contribution in [0, 0.1) is 5.92 Å². The van der Waals surface area contributed by atoms with E-state index in [4.69, 9.17) is 10.7 Å². The molecule has 0 N–H and O–H groups in total. The third-order valence-electron chi connectivity index (χ3n) is 2.35. The van der Waals surface area contributed by atoms with Gasteiger partial charge in [-0.25, -0.2) is 8.42 Å². The minimum Gasteiger partial charge on any atom is -0.296 e. The molecule has 0 saturated carbocycles. The van der Waals surface area contributed by atoms with Gasteiger partial charge in [0.05, 0.1) is 8.66 Å². The lowest BCUT2D eigenvalue weighted by Gasteiger charge is -2.10. The van der Waals surface area contributed by atoms with Gasteiger partial charge in [-0.3, -0.25) is 4.57 Å². The van der Waals surface area contributed by atoms with Crippen molar-refractivity contribution in [2.45, 2.75) is 25.5 Å². The molecule has 0 unspecified atom stereocenters.